The highest BCUT2D eigenvalue weighted by molar-refractivity contribution is 7.18. The van der Waals surface area contributed by atoms with Crippen LogP contribution in [-0.4, -0.2) is 21.8 Å². The van der Waals surface area contributed by atoms with Crippen molar-refractivity contribution in [2.45, 2.75) is 32.8 Å². The van der Waals surface area contributed by atoms with Crippen LogP contribution >= 0.6 is 11.3 Å². The first kappa shape index (κ1) is 17.4. The predicted molar refractivity (Wildman–Crippen MR) is 102 cm³/mol. The Bertz CT molecular complexity index is 1100. The molecule has 0 radical (unpaired) electrons. The van der Waals surface area contributed by atoms with E-state index in [4.69, 9.17) is 4.74 Å². The van der Waals surface area contributed by atoms with Crippen LogP contribution in [-0.2, 0) is 29.0 Å². The number of hydrogen-bond acceptors (Lipinski definition) is 6. The topological polar surface area (TPSA) is 101 Å². The van der Waals surface area contributed by atoms with Crippen molar-refractivity contribution in [1.82, 2.24) is 9.97 Å². The summed E-state index contributed by atoms with van der Waals surface area (Å²) in [6, 6.07) is 6.38. The highest BCUT2D eigenvalue weighted by Crippen LogP contribution is 2.34. The molecule has 7 nitrogen and oxygen atoms in total. The molecule has 0 spiro atoms. The number of esters is 1. The number of carbonyl (C=O) groups is 2. The number of rotatable bonds is 4. The number of aromatic amines is 1. The largest absolute Gasteiger partial charge is 0.454 e. The first-order valence-electron chi connectivity index (χ1n) is 8.59. The molecular formula is C19H17N3O4S. The van der Waals surface area contributed by atoms with Crippen molar-refractivity contribution >= 4 is 39.1 Å². The lowest BCUT2D eigenvalue weighted by Gasteiger charge is -2.06. The Kier molecular flexibility index (Phi) is 4.49. The summed E-state index contributed by atoms with van der Waals surface area (Å²) in [5.41, 5.74) is 1.89. The van der Waals surface area contributed by atoms with Crippen molar-refractivity contribution in [1.29, 1.82) is 0 Å². The standard InChI is InChI=1S/C19H17N3O4S/c1-10(23)20-12-7-5-11(6-8-12)19(25)26-9-15-21-17(24)16-13-3-2-4-14(13)27-18(16)22-15/h5-8H,2-4,9H2,1H3,(H,20,23)(H,21,22,24). The predicted octanol–water partition coefficient (Wildman–Crippen LogP) is 2.79. The van der Waals surface area contributed by atoms with Gasteiger partial charge in [-0.05, 0) is 49.1 Å². The number of H-pyrrole nitrogens is 1. The number of aromatic nitrogens is 2. The summed E-state index contributed by atoms with van der Waals surface area (Å²) in [6.45, 7) is 1.30. The number of fused-ring (bicyclic) bond motifs is 3. The summed E-state index contributed by atoms with van der Waals surface area (Å²) in [5, 5.41) is 3.31. The molecule has 0 aliphatic heterocycles. The minimum Gasteiger partial charge on any atom is -0.454 e. The van der Waals surface area contributed by atoms with Gasteiger partial charge in [0.05, 0.1) is 10.9 Å². The molecule has 0 unspecified atom stereocenters. The van der Waals surface area contributed by atoms with Crippen LogP contribution in [0.1, 0.15) is 40.0 Å². The second-order valence-electron chi connectivity index (χ2n) is 6.38. The Morgan fingerprint density at radius 2 is 2.04 bits per heavy atom. The maximum atomic E-state index is 12.4. The molecule has 0 saturated carbocycles. The molecule has 4 rings (SSSR count). The van der Waals surface area contributed by atoms with Crippen molar-refractivity contribution in [2.24, 2.45) is 0 Å². The zero-order chi connectivity index (χ0) is 19.0. The number of nitrogens with zero attached hydrogens (tertiary/aromatic N) is 1. The third-order valence-corrected chi connectivity index (χ3v) is 5.59. The zero-order valence-corrected chi connectivity index (χ0v) is 15.4. The van der Waals surface area contributed by atoms with Crippen molar-refractivity contribution in [2.75, 3.05) is 5.32 Å². The minimum absolute atomic E-state index is 0.111. The number of anilines is 1. The molecular weight excluding hydrogens is 366 g/mol. The molecule has 1 aliphatic carbocycles. The van der Waals surface area contributed by atoms with Crippen LogP contribution in [0.3, 0.4) is 0 Å². The molecule has 1 aliphatic rings. The van der Waals surface area contributed by atoms with Gasteiger partial charge >= 0.3 is 5.97 Å². The Morgan fingerprint density at radius 1 is 1.26 bits per heavy atom. The average Bonchev–Trinajstić information content (AvgIpc) is 3.20. The molecule has 2 heterocycles. The Morgan fingerprint density at radius 3 is 2.78 bits per heavy atom. The average molecular weight is 383 g/mol. The van der Waals surface area contributed by atoms with E-state index in [1.54, 1.807) is 35.6 Å². The summed E-state index contributed by atoms with van der Waals surface area (Å²) < 4.78 is 5.26. The van der Waals surface area contributed by atoms with Crippen LogP contribution < -0.4 is 10.9 Å². The molecule has 138 valence electrons. The molecule has 8 heteroatoms. The van der Waals surface area contributed by atoms with Gasteiger partial charge in [0, 0.05) is 17.5 Å². The van der Waals surface area contributed by atoms with Crippen LogP contribution in [0.5, 0.6) is 0 Å². The maximum absolute atomic E-state index is 12.4. The number of hydrogen-bond donors (Lipinski definition) is 2. The number of aryl methyl sites for hydroxylation is 2. The van der Waals surface area contributed by atoms with E-state index < -0.39 is 5.97 Å². The molecule has 2 aromatic heterocycles. The van der Waals surface area contributed by atoms with Crippen LogP contribution in [0.15, 0.2) is 29.1 Å². The summed E-state index contributed by atoms with van der Waals surface area (Å²) in [5.74, 6) is -0.383. The van der Waals surface area contributed by atoms with Crippen LogP contribution in [0.4, 0.5) is 5.69 Å². The van der Waals surface area contributed by atoms with Gasteiger partial charge in [-0.2, -0.15) is 0 Å². The van der Waals surface area contributed by atoms with Crippen molar-refractivity contribution in [3.05, 3.63) is 56.4 Å². The third-order valence-electron chi connectivity index (χ3n) is 4.41. The first-order valence-corrected chi connectivity index (χ1v) is 9.41. The smallest absolute Gasteiger partial charge is 0.338 e. The van der Waals surface area contributed by atoms with E-state index in [2.05, 4.69) is 15.3 Å². The van der Waals surface area contributed by atoms with Crippen LogP contribution in [0, 0.1) is 0 Å². The van der Waals surface area contributed by atoms with Crippen molar-refractivity contribution in [3.63, 3.8) is 0 Å². The quantitative estimate of drug-likeness (QED) is 0.675. The normalized spacial score (nSPS) is 12.8. The van der Waals surface area contributed by atoms with E-state index >= 15 is 0 Å². The molecule has 0 fully saturated rings. The van der Waals surface area contributed by atoms with Gasteiger partial charge in [-0.25, -0.2) is 9.78 Å². The lowest BCUT2D eigenvalue weighted by Crippen LogP contribution is -2.14. The van der Waals surface area contributed by atoms with Crippen molar-refractivity contribution < 1.29 is 14.3 Å². The fraction of sp³-hybridized carbons (Fsp3) is 0.263. The molecule has 0 saturated heterocycles. The number of nitrogens with one attached hydrogen (secondary N) is 2. The summed E-state index contributed by atoms with van der Waals surface area (Å²) in [4.78, 5) is 44.7. The van der Waals surface area contributed by atoms with E-state index in [9.17, 15) is 14.4 Å². The van der Waals surface area contributed by atoms with Gasteiger partial charge in [0.25, 0.3) is 5.56 Å². The zero-order valence-electron chi connectivity index (χ0n) is 14.6. The highest BCUT2D eigenvalue weighted by Gasteiger charge is 2.21. The molecule has 0 atom stereocenters. The second kappa shape index (κ2) is 6.96. The van der Waals surface area contributed by atoms with E-state index in [-0.39, 0.29) is 18.1 Å². The number of carbonyl (C=O) groups excluding carboxylic acids is 2. The van der Waals surface area contributed by atoms with Gasteiger partial charge in [-0.3, -0.25) is 9.59 Å². The maximum Gasteiger partial charge on any atom is 0.338 e. The fourth-order valence-electron chi connectivity index (χ4n) is 3.23. The fourth-order valence-corrected chi connectivity index (χ4v) is 4.51. The lowest BCUT2D eigenvalue weighted by molar-refractivity contribution is -0.114. The number of thiophene rings is 1. The summed E-state index contributed by atoms with van der Waals surface area (Å²) >= 11 is 1.55. The van der Waals surface area contributed by atoms with Gasteiger partial charge in [0.15, 0.2) is 0 Å². The lowest BCUT2D eigenvalue weighted by atomic mass is 10.2. The van der Waals surface area contributed by atoms with Crippen LogP contribution in [0.2, 0.25) is 0 Å². The molecule has 1 aromatic carbocycles. The number of amides is 1. The summed E-state index contributed by atoms with van der Waals surface area (Å²) in [6.07, 6.45) is 2.99. The molecule has 27 heavy (non-hydrogen) atoms. The van der Waals surface area contributed by atoms with E-state index in [1.807, 2.05) is 0 Å². The molecule has 0 bridgehead atoms. The van der Waals surface area contributed by atoms with Crippen molar-refractivity contribution in [3.8, 4) is 0 Å². The molecule has 2 N–H and O–H groups in total. The van der Waals surface area contributed by atoms with Gasteiger partial charge in [0.1, 0.15) is 17.3 Å². The van der Waals surface area contributed by atoms with Crippen LogP contribution in [0.25, 0.3) is 10.2 Å². The Hall–Kier alpha value is -3.00. The van der Waals surface area contributed by atoms with Gasteiger partial charge < -0.3 is 15.0 Å². The third kappa shape index (κ3) is 3.48. The summed E-state index contributed by atoms with van der Waals surface area (Å²) in [7, 11) is 0. The monoisotopic (exact) mass is 383 g/mol. The molecule has 1 amide bonds. The molecule has 3 aromatic rings. The van der Waals surface area contributed by atoms with E-state index in [0.29, 0.717) is 27.3 Å². The van der Waals surface area contributed by atoms with E-state index in [0.717, 1.165) is 24.8 Å². The highest BCUT2D eigenvalue weighted by atomic mass is 32.1. The Balaban J connectivity index is 1.47. The first-order chi connectivity index (χ1) is 13.0. The number of ether oxygens (including phenoxy) is 1. The minimum atomic E-state index is -0.527. The SMILES string of the molecule is CC(=O)Nc1ccc(C(=O)OCc2nc3sc4c(c3c(=O)[nH]2)CCC4)cc1. The van der Waals surface area contributed by atoms with Gasteiger partial charge in [-0.1, -0.05) is 0 Å². The van der Waals surface area contributed by atoms with Gasteiger partial charge in [0.2, 0.25) is 5.91 Å². The number of benzene rings is 1. The second-order valence-corrected chi connectivity index (χ2v) is 7.47. The van der Waals surface area contributed by atoms with Gasteiger partial charge in [-0.15, -0.1) is 11.3 Å². The van der Waals surface area contributed by atoms with E-state index in [1.165, 1.54) is 11.8 Å². The Labute approximate surface area is 158 Å².